The number of sulfone groups is 1. The molecule has 1 amide bonds. The average molecular weight is 395 g/mol. The van der Waals surface area contributed by atoms with Crippen molar-refractivity contribution in [3.05, 3.63) is 28.3 Å². The average Bonchev–Trinajstić information content (AvgIpc) is 2.95. The van der Waals surface area contributed by atoms with Crippen LogP contribution in [0.25, 0.3) is 0 Å². The summed E-state index contributed by atoms with van der Waals surface area (Å²) in [6, 6.07) is 1.98. The number of rotatable bonds is 7. The lowest BCUT2D eigenvalue weighted by molar-refractivity contribution is -0.384. The second kappa shape index (κ2) is 7.48. The highest BCUT2D eigenvalue weighted by Gasteiger charge is 2.47. The molecule has 144 valence electrons. The summed E-state index contributed by atoms with van der Waals surface area (Å²) in [6.07, 6.45) is 1.76. The first kappa shape index (κ1) is 19.9. The van der Waals surface area contributed by atoms with Gasteiger partial charge >= 0.3 is 5.51 Å². The van der Waals surface area contributed by atoms with E-state index in [2.05, 4.69) is 5.32 Å². The Bertz CT molecular complexity index is 811. The maximum absolute atomic E-state index is 12.6. The largest absolute Gasteiger partial charge is 0.501 e. The summed E-state index contributed by atoms with van der Waals surface area (Å²) in [5.41, 5.74) is -6.41. The lowest BCUT2D eigenvalue weighted by Crippen LogP contribution is -2.27. The normalized spacial score (nSPS) is 15.3. The second-order valence-electron chi connectivity index (χ2n) is 5.65. The van der Waals surface area contributed by atoms with Crippen LogP contribution in [0.1, 0.15) is 19.3 Å². The van der Waals surface area contributed by atoms with Gasteiger partial charge in [0, 0.05) is 32.1 Å². The molecule has 8 nitrogen and oxygen atoms in total. The van der Waals surface area contributed by atoms with Crippen LogP contribution in [-0.2, 0) is 14.6 Å². The molecule has 2 rings (SSSR count). The molecule has 0 aromatic heterocycles. The number of nitrogens with zero attached hydrogens (tertiary/aromatic N) is 2. The van der Waals surface area contributed by atoms with Crippen LogP contribution in [0, 0.1) is 10.1 Å². The Morgan fingerprint density at radius 3 is 2.54 bits per heavy atom. The summed E-state index contributed by atoms with van der Waals surface area (Å²) in [4.78, 5) is 22.0. The quantitative estimate of drug-likeness (QED) is 0.431. The number of benzene rings is 1. The van der Waals surface area contributed by atoms with Crippen LogP contribution >= 0.6 is 0 Å². The van der Waals surface area contributed by atoms with Gasteiger partial charge in [0.15, 0.2) is 0 Å². The number of nitro benzene ring substituents is 1. The highest BCUT2D eigenvalue weighted by atomic mass is 32.2. The van der Waals surface area contributed by atoms with Gasteiger partial charge in [-0.1, -0.05) is 0 Å². The molecule has 1 heterocycles. The highest BCUT2D eigenvalue weighted by Crippen LogP contribution is 2.34. The van der Waals surface area contributed by atoms with Crippen LogP contribution in [0.5, 0.6) is 0 Å². The fourth-order valence-electron chi connectivity index (χ4n) is 2.55. The molecule has 0 aliphatic carbocycles. The van der Waals surface area contributed by atoms with Crippen molar-refractivity contribution in [3.8, 4) is 0 Å². The van der Waals surface area contributed by atoms with Crippen LogP contribution in [0.3, 0.4) is 0 Å². The zero-order valence-electron chi connectivity index (χ0n) is 13.5. The van der Waals surface area contributed by atoms with E-state index in [0.717, 1.165) is 12.5 Å². The number of nitro groups is 1. The van der Waals surface area contributed by atoms with Crippen molar-refractivity contribution < 1.29 is 31.3 Å². The van der Waals surface area contributed by atoms with Crippen molar-refractivity contribution in [2.24, 2.45) is 0 Å². The number of hydrogen-bond donors (Lipinski definition) is 1. The van der Waals surface area contributed by atoms with Gasteiger partial charge in [-0.3, -0.25) is 14.9 Å². The predicted octanol–water partition coefficient (Wildman–Crippen LogP) is 2.31. The van der Waals surface area contributed by atoms with Crippen molar-refractivity contribution in [1.82, 2.24) is 4.90 Å². The van der Waals surface area contributed by atoms with Gasteiger partial charge in [0.2, 0.25) is 5.91 Å². The highest BCUT2D eigenvalue weighted by molar-refractivity contribution is 7.92. The molecule has 1 aromatic carbocycles. The van der Waals surface area contributed by atoms with E-state index in [-0.39, 0.29) is 18.1 Å². The molecule has 1 aliphatic rings. The summed E-state index contributed by atoms with van der Waals surface area (Å²) >= 11 is 0. The van der Waals surface area contributed by atoms with E-state index in [4.69, 9.17) is 0 Å². The Hall–Kier alpha value is -2.37. The summed E-state index contributed by atoms with van der Waals surface area (Å²) < 4.78 is 60.5. The Morgan fingerprint density at radius 1 is 1.31 bits per heavy atom. The Balaban J connectivity index is 2.09. The lowest BCUT2D eigenvalue weighted by atomic mass is 10.2. The molecule has 0 radical (unpaired) electrons. The van der Waals surface area contributed by atoms with E-state index < -0.39 is 30.9 Å². The van der Waals surface area contributed by atoms with Crippen molar-refractivity contribution in [3.63, 3.8) is 0 Å². The van der Waals surface area contributed by atoms with E-state index in [1.54, 1.807) is 4.90 Å². The first-order valence-electron chi connectivity index (χ1n) is 7.65. The first-order valence-corrected chi connectivity index (χ1v) is 9.14. The van der Waals surface area contributed by atoms with E-state index >= 15 is 0 Å². The molecule has 1 N–H and O–H groups in total. The summed E-state index contributed by atoms with van der Waals surface area (Å²) in [6.45, 7) is 1.35. The van der Waals surface area contributed by atoms with Crippen molar-refractivity contribution in [2.45, 2.75) is 29.7 Å². The van der Waals surface area contributed by atoms with Crippen LogP contribution < -0.4 is 5.32 Å². The maximum atomic E-state index is 12.6. The fraction of sp³-hybridized carbons (Fsp3) is 0.500. The minimum atomic E-state index is -5.67. The van der Waals surface area contributed by atoms with E-state index in [0.29, 0.717) is 38.1 Å². The van der Waals surface area contributed by atoms with E-state index in [9.17, 15) is 36.5 Å². The lowest BCUT2D eigenvalue weighted by Gasteiger charge is -2.15. The van der Waals surface area contributed by atoms with Crippen molar-refractivity contribution in [2.75, 3.05) is 25.0 Å². The molecule has 12 heteroatoms. The van der Waals surface area contributed by atoms with Gasteiger partial charge in [0.1, 0.15) is 5.69 Å². The summed E-state index contributed by atoms with van der Waals surface area (Å²) in [7, 11) is -5.67. The fourth-order valence-corrected chi connectivity index (χ4v) is 3.33. The molecule has 0 unspecified atom stereocenters. The van der Waals surface area contributed by atoms with E-state index in [1.165, 1.54) is 0 Å². The Morgan fingerprint density at radius 2 is 2.00 bits per heavy atom. The molecule has 26 heavy (non-hydrogen) atoms. The van der Waals surface area contributed by atoms with Gasteiger partial charge in [-0.05, 0) is 25.0 Å². The number of alkyl halides is 3. The number of anilines is 1. The van der Waals surface area contributed by atoms with Crippen LogP contribution in [0.4, 0.5) is 24.5 Å². The van der Waals surface area contributed by atoms with Crippen molar-refractivity contribution >= 4 is 27.1 Å². The molecule has 0 spiro atoms. The van der Waals surface area contributed by atoms with Gasteiger partial charge in [-0.2, -0.15) is 13.2 Å². The second-order valence-corrected chi connectivity index (χ2v) is 7.59. The predicted molar refractivity (Wildman–Crippen MR) is 85.3 cm³/mol. The molecular weight excluding hydrogens is 379 g/mol. The SMILES string of the molecule is O=C1CCCN1CCCNc1ccc(S(=O)(=O)C(F)(F)F)cc1[N+](=O)[O-]. The minimum absolute atomic E-state index is 0.0395. The molecule has 1 fully saturated rings. The standard InChI is InChI=1S/C14H16F3N3O5S/c15-14(16,17)26(24,25)10-4-5-11(12(9-10)20(22)23)18-6-2-8-19-7-1-3-13(19)21/h4-5,9,18H,1-3,6-8H2. The van der Waals surface area contributed by atoms with Gasteiger partial charge in [0.25, 0.3) is 15.5 Å². The van der Waals surface area contributed by atoms with Crippen molar-refractivity contribution in [1.29, 1.82) is 0 Å². The molecule has 0 saturated carbocycles. The van der Waals surface area contributed by atoms with Gasteiger partial charge in [-0.25, -0.2) is 8.42 Å². The van der Waals surface area contributed by atoms with E-state index in [1.807, 2.05) is 0 Å². The molecule has 1 saturated heterocycles. The number of nitrogens with one attached hydrogen (secondary N) is 1. The summed E-state index contributed by atoms with van der Waals surface area (Å²) in [5.74, 6) is 0.0395. The molecule has 0 bridgehead atoms. The number of amides is 1. The Labute approximate surface area is 147 Å². The third-order valence-corrected chi connectivity index (χ3v) is 5.36. The molecule has 0 atom stereocenters. The van der Waals surface area contributed by atoms with Crippen LogP contribution in [-0.4, -0.2) is 49.3 Å². The molecule has 1 aromatic rings. The molecule has 1 aliphatic heterocycles. The number of hydrogen-bond acceptors (Lipinski definition) is 6. The first-order chi connectivity index (χ1) is 12.0. The number of carbonyl (C=O) groups is 1. The van der Waals surface area contributed by atoms with Gasteiger partial charge < -0.3 is 10.2 Å². The van der Waals surface area contributed by atoms with Crippen LogP contribution in [0.15, 0.2) is 23.1 Å². The van der Waals surface area contributed by atoms with Gasteiger partial charge in [-0.15, -0.1) is 0 Å². The monoisotopic (exact) mass is 395 g/mol. The maximum Gasteiger partial charge on any atom is 0.501 e. The number of halogens is 3. The third-order valence-electron chi connectivity index (χ3n) is 3.87. The number of likely N-dealkylation sites (tertiary alicyclic amines) is 1. The summed E-state index contributed by atoms with van der Waals surface area (Å²) in [5, 5.41) is 13.8. The topological polar surface area (TPSA) is 110 Å². The zero-order valence-corrected chi connectivity index (χ0v) is 14.3. The van der Waals surface area contributed by atoms with Gasteiger partial charge in [0.05, 0.1) is 9.82 Å². The smallest absolute Gasteiger partial charge is 0.379 e. The zero-order chi connectivity index (χ0) is 19.5. The minimum Gasteiger partial charge on any atom is -0.379 e. The Kier molecular flexibility index (Phi) is 5.74. The molecular formula is C14H16F3N3O5S. The number of carbonyl (C=O) groups excluding carboxylic acids is 1. The third kappa shape index (κ3) is 4.23. The van der Waals surface area contributed by atoms with Crippen LogP contribution in [0.2, 0.25) is 0 Å².